The Labute approximate surface area is 175 Å². The van der Waals surface area contributed by atoms with Crippen molar-refractivity contribution in [1.29, 1.82) is 0 Å². The van der Waals surface area contributed by atoms with Crippen molar-refractivity contribution in [1.82, 2.24) is 9.88 Å². The summed E-state index contributed by atoms with van der Waals surface area (Å²) in [4.78, 5) is 12.9. The molecule has 2 aromatic carbocycles. The first kappa shape index (κ1) is 21.4. The van der Waals surface area contributed by atoms with Gasteiger partial charge in [0.2, 0.25) is 0 Å². The molecule has 0 aliphatic heterocycles. The van der Waals surface area contributed by atoms with Crippen LogP contribution in [0.1, 0.15) is 35.9 Å². The number of halogens is 1. The van der Waals surface area contributed by atoms with Crippen molar-refractivity contribution in [3.63, 3.8) is 0 Å². The number of aromatic nitrogens is 1. The summed E-state index contributed by atoms with van der Waals surface area (Å²) in [6, 6.07) is 13.3. The quantitative estimate of drug-likeness (QED) is 0.621. The van der Waals surface area contributed by atoms with Gasteiger partial charge in [-0.25, -0.2) is 8.42 Å². The van der Waals surface area contributed by atoms with Gasteiger partial charge < -0.3 is 15.0 Å². The Morgan fingerprint density at radius 3 is 2.41 bits per heavy atom. The first-order valence-corrected chi connectivity index (χ1v) is 11.1. The minimum atomic E-state index is -3.57. The number of aliphatic hydroxyl groups excluding tert-OH is 1. The summed E-state index contributed by atoms with van der Waals surface area (Å²) in [7, 11) is -1.76. The average Bonchev–Trinajstić information content (AvgIpc) is 3.03. The highest BCUT2D eigenvalue weighted by Gasteiger charge is 2.23. The third kappa shape index (κ3) is 4.17. The summed E-state index contributed by atoms with van der Waals surface area (Å²) in [5.74, 6) is -0.238. The second-order valence-corrected chi connectivity index (χ2v) is 9.90. The van der Waals surface area contributed by atoms with E-state index < -0.39 is 21.7 Å². The van der Waals surface area contributed by atoms with Crippen molar-refractivity contribution in [2.45, 2.75) is 30.0 Å². The normalized spacial score (nSPS) is 14.0. The molecule has 0 aliphatic rings. The molecule has 1 aromatic heterocycles. The highest BCUT2D eigenvalue weighted by molar-refractivity contribution is 7.92. The largest absolute Gasteiger partial charge is 0.395 e. The van der Waals surface area contributed by atoms with E-state index in [9.17, 15) is 13.2 Å². The molecule has 0 saturated heterocycles. The lowest BCUT2D eigenvalue weighted by Gasteiger charge is -2.16. The van der Waals surface area contributed by atoms with Crippen LogP contribution in [0, 0.1) is 0 Å². The van der Waals surface area contributed by atoms with Crippen molar-refractivity contribution in [2.75, 3.05) is 6.61 Å². The number of aliphatic hydroxyl groups is 1. The Kier molecular flexibility index (Phi) is 6.03. The molecule has 3 rings (SSSR count). The van der Waals surface area contributed by atoms with Crippen LogP contribution in [-0.2, 0) is 16.9 Å². The zero-order valence-corrected chi connectivity index (χ0v) is 18.0. The van der Waals surface area contributed by atoms with Crippen LogP contribution in [0.4, 0.5) is 0 Å². The lowest BCUT2D eigenvalue weighted by Crippen LogP contribution is -2.28. The molecule has 8 heteroatoms. The molecule has 0 unspecified atom stereocenters. The highest BCUT2D eigenvalue weighted by Crippen LogP contribution is 2.24. The van der Waals surface area contributed by atoms with Gasteiger partial charge in [-0.05, 0) is 55.8 Å². The van der Waals surface area contributed by atoms with E-state index in [0.717, 1.165) is 16.5 Å². The van der Waals surface area contributed by atoms with Crippen LogP contribution in [0.5, 0.6) is 0 Å². The van der Waals surface area contributed by atoms with Gasteiger partial charge >= 0.3 is 0 Å². The van der Waals surface area contributed by atoms with E-state index in [1.165, 1.54) is 19.1 Å². The van der Waals surface area contributed by atoms with E-state index in [-0.39, 0.29) is 16.8 Å². The second-order valence-electron chi connectivity index (χ2n) is 7.09. The standard InChI is InChI=1S/C21H23ClN2O4S/c1-13(12-25)29(27,28)18-7-4-15(5-8-18)14(2)23-21(26)20-11-16-10-17(22)6-9-19(16)24(20)3/h4-11,13-14,25H,12H2,1-3H3,(H,23,26)/t13-,14-/m1/s1. The minimum Gasteiger partial charge on any atom is -0.395 e. The lowest BCUT2D eigenvalue weighted by molar-refractivity contribution is 0.0932. The van der Waals surface area contributed by atoms with Crippen LogP contribution in [0.25, 0.3) is 10.9 Å². The van der Waals surface area contributed by atoms with Gasteiger partial charge in [0.05, 0.1) is 22.8 Å². The van der Waals surface area contributed by atoms with Crippen molar-refractivity contribution in [3.05, 3.63) is 64.8 Å². The number of carbonyl (C=O) groups is 1. The Morgan fingerprint density at radius 1 is 1.14 bits per heavy atom. The minimum absolute atomic E-state index is 0.145. The fourth-order valence-electron chi connectivity index (χ4n) is 3.17. The molecule has 3 aromatic rings. The average molecular weight is 435 g/mol. The second kappa shape index (κ2) is 8.18. The summed E-state index contributed by atoms with van der Waals surface area (Å²) in [6.45, 7) is 2.85. The van der Waals surface area contributed by atoms with E-state index in [0.29, 0.717) is 10.7 Å². The fraction of sp³-hybridized carbons (Fsp3) is 0.286. The van der Waals surface area contributed by atoms with Gasteiger partial charge in [-0.1, -0.05) is 23.7 Å². The van der Waals surface area contributed by atoms with Gasteiger partial charge in [0.15, 0.2) is 9.84 Å². The predicted octanol–water partition coefficient (Wildman–Crippen LogP) is 3.48. The fourth-order valence-corrected chi connectivity index (χ4v) is 4.53. The maximum atomic E-state index is 12.8. The number of nitrogens with one attached hydrogen (secondary N) is 1. The number of hydrogen-bond donors (Lipinski definition) is 2. The van der Waals surface area contributed by atoms with E-state index >= 15 is 0 Å². The Balaban J connectivity index is 1.79. The van der Waals surface area contributed by atoms with Crippen molar-refractivity contribution in [2.24, 2.45) is 7.05 Å². The molecule has 1 heterocycles. The van der Waals surface area contributed by atoms with Crippen LogP contribution in [0.15, 0.2) is 53.4 Å². The number of carbonyl (C=O) groups excluding carboxylic acids is 1. The summed E-state index contributed by atoms with van der Waals surface area (Å²) >= 11 is 6.03. The molecule has 154 valence electrons. The molecule has 2 N–H and O–H groups in total. The number of amides is 1. The first-order chi connectivity index (χ1) is 13.6. The SMILES string of the molecule is C[C@H](CO)S(=O)(=O)c1ccc([C@@H](C)NC(=O)c2cc3cc(Cl)ccc3n2C)cc1. The molecular weight excluding hydrogens is 412 g/mol. The monoisotopic (exact) mass is 434 g/mol. The Morgan fingerprint density at radius 2 is 1.79 bits per heavy atom. The van der Waals surface area contributed by atoms with Gasteiger partial charge in [-0.2, -0.15) is 0 Å². The van der Waals surface area contributed by atoms with Gasteiger partial charge in [0, 0.05) is 23.0 Å². The topological polar surface area (TPSA) is 88.4 Å². The van der Waals surface area contributed by atoms with Crippen LogP contribution in [0.3, 0.4) is 0 Å². The molecule has 0 bridgehead atoms. The van der Waals surface area contributed by atoms with E-state index in [2.05, 4.69) is 5.32 Å². The predicted molar refractivity (Wildman–Crippen MR) is 114 cm³/mol. The summed E-state index contributed by atoms with van der Waals surface area (Å²) < 4.78 is 26.4. The summed E-state index contributed by atoms with van der Waals surface area (Å²) in [5.41, 5.74) is 2.18. The summed E-state index contributed by atoms with van der Waals surface area (Å²) in [6.07, 6.45) is 0. The van der Waals surface area contributed by atoms with E-state index in [1.54, 1.807) is 28.8 Å². The summed E-state index contributed by atoms with van der Waals surface area (Å²) in [5, 5.41) is 12.7. The molecular formula is C21H23ClN2O4S. The third-order valence-corrected chi connectivity index (χ3v) is 7.45. The number of aryl methyl sites for hydroxylation is 1. The van der Waals surface area contributed by atoms with Crippen LogP contribution in [-0.4, -0.2) is 35.9 Å². The Bertz CT molecular complexity index is 1150. The number of rotatable bonds is 6. The molecule has 0 fully saturated rings. The van der Waals surface area contributed by atoms with Crippen molar-refractivity contribution in [3.8, 4) is 0 Å². The molecule has 1 amide bonds. The zero-order valence-electron chi connectivity index (χ0n) is 16.4. The maximum Gasteiger partial charge on any atom is 0.268 e. The van der Waals surface area contributed by atoms with Gasteiger partial charge in [-0.15, -0.1) is 0 Å². The molecule has 2 atom stereocenters. The van der Waals surface area contributed by atoms with E-state index in [1.807, 2.05) is 26.1 Å². The van der Waals surface area contributed by atoms with E-state index in [4.69, 9.17) is 16.7 Å². The molecule has 29 heavy (non-hydrogen) atoms. The number of fused-ring (bicyclic) bond motifs is 1. The highest BCUT2D eigenvalue weighted by atomic mass is 35.5. The molecule has 6 nitrogen and oxygen atoms in total. The van der Waals surface area contributed by atoms with Crippen LogP contribution >= 0.6 is 11.6 Å². The van der Waals surface area contributed by atoms with Gasteiger partial charge in [0.1, 0.15) is 5.69 Å². The van der Waals surface area contributed by atoms with Crippen molar-refractivity contribution < 1.29 is 18.3 Å². The van der Waals surface area contributed by atoms with Gasteiger partial charge in [0.25, 0.3) is 5.91 Å². The number of sulfone groups is 1. The third-order valence-electron chi connectivity index (χ3n) is 5.08. The molecule has 0 spiro atoms. The number of benzene rings is 2. The maximum absolute atomic E-state index is 12.8. The van der Waals surface area contributed by atoms with Crippen molar-refractivity contribution >= 4 is 38.2 Å². The van der Waals surface area contributed by atoms with Gasteiger partial charge in [-0.3, -0.25) is 4.79 Å². The molecule has 0 saturated carbocycles. The zero-order chi connectivity index (χ0) is 21.3. The molecule has 0 aliphatic carbocycles. The van der Waals surface area contributed by atoms with Crippen LogP contribution in [0.2, 0.25) is 5.02 Å². The lowest BCUT2D eigenvalue weighted by atomic mass is 10.1. The van der Waals surface area contributed by atoms with Crippen LogP contribution < -0.4 is 5.32 Å². The smallest absolute Gasteiger partial charge is 0.268 e. The molecule has 0 radical (unpaired) electrons. The number of nitrogens with zero attached hydrogens (tertiary/aromatic N) is 1. The Hall–Kier alpha value is -2.35. The number of hydrogen-bond acceptors (Lipinski definition) is 4. The first-order valence-electron chi connectivity index (χ1n) is 9.15.